The molecule has 0 spiro atoms. The predicted molar refractivity (Wildman–Crippen MR) is 325 cm³/mol. The number of urea groups is 1. The van der Waals surface area contributed by atoms with Gasteiger partial charge in [0.2, 0.25) is 11.7 Å². The molecular weight excluding hydrogens is 997 g/mol. The van der Waals surface area contributed by atoms with Crippen LogP contribution in [0.3, 0.4) is 0 Å². The number of aromatic amines is 3. The lowest BCUT2D eigenvalue weighted by Gasteiger charge is -2.19. The number of hydrogen-bond donors (Lipinski definition) is 5. The van der Waals surface area contributed by atoms with Crippen molar-refractivity contribution in [2.75, 3.05) is 30.5 Å². The number of amides is 2. The molecule has 0 atom stereocenters. The van der Waals surface area contributed by atoms with Crippen LogP contribution >= 0.6 is 0 Å². The van der Waals surface area contributed by atoms with Crippen LogP contribution in [0.15, 0.2) is 163 Å². The highest BCUT2D eigenvalue weighted by atomic mass is 16.5. The van der Waals surface area contributed by atoms with E-state index in [1.165, 1.54) is 6.07 Å². The van der Waals surface area contributed by atoms with Crippen LogP contribution in [0, 0.1) is 0 Å². The van der Waals surface area contributed by atoms with Gasteiger partial charge in [-0.2, -0.15) is 4.98 Å². The molecule has 0 aliphatic carbocycles. The molecule has 0 saturated heterocycles. The van der Waals surface area contributed by atoms with Gasteiger partial charge in [-0.3, -0.25) is 10.1 Å². The van der Waals surface area contributed by atoms with E-state index in [0.717, 1.165) is 128 Å². The van der Waals surface area contributed by atoms with E-state index >= 15 is 0 Å². The average molecular weight is 1060 g/mol. The van der Waals surface area contributed by atoms with Gasteiger partial charge in [-0.15, -0.1) is 0 Å². The lowest BCUT2D eigenvalue weighted by molar-refractivity contribution is 0.237. The summed E-state index contributed by atoms with van der Waals surface area (Å²) in [7, 11) is 0. The molecule has 2 amide bonds. The predicted octanol–water partition coefficient (Wildman–Crippen LogP) is 16.3. The molecule has 8 bridgehead atoms. The Balaban J connectivity index is 0.972. The maximum Gasteiger partial charge on any atom is 0.326 e. The number of fused-ring (bicyclic) bond motifs is 8. The fourth-order valence-electron chi connectivity index (χ4n) is 9.96. The molecule has 6 heterocycles. The summed E-state index contributed by atoms with van der Waals surface area (Å²) in [6.45, 7) is 7.79. The van der Waals surface area contributed by atoms with Crippen LogP contribution in [0.25, 0.3) is 102 Å². The Morgan fingerprint density at radius 2 is 0.838 bits per heavy atom. The number of unbranched alkanes of at least 4 members (excludes halogenated alkanes) is 3. The molecule has 5 N–H and O–H groups in total. The van der Waals surface area contributed by atoms with Crippen molar-refractivity contribution < 1.29 is 19.0 Å². The smallest absolute Gasteiger partial charge is 0.326 e. The van der Waals surface area contributed by atoms with Crippen molar-refractivity contribution in [2.24, 2.45) is 0 Å². The lowest BCUT2D eigenvalue weighted by atomic mass is 10.0. The third-order valence-electron chi connectivity index (χ3n) is 13.9. The van der Waals surface area contributed by atoms with Crippen molar-refractivity contribution in [3.63, 3.8) is 0 Å². The van der Waals surface area contributed by atoms with E-state index in [9.17, 15) is 9.59 Å². The van der Waals surface area contributed by atoms with Gasteiger partial charge in [0.25, 0.3) is 5.56 Å². The Hall–Kier alpha value is -9.75. The zero-order valence-corrected chi connectivity index (χ0v) is 45.1. The molecule has 2 aliphatic heterocycles. The molecule has 400 valence electrons. The number of nitrogens with one attached hydrogen (secondary N) is 5. The molecule has 5 aromatic carbocycles. The van der Waals surface area contributed by atoms with Gasteiger partial charge in [0.1, 0.15) is 0 Å². The maximum absolute atomic E-state index is 13.8. The number of rotatable bonds is 19. The number of anilines is 2. The summed E-state index contributed by atoms with van der Waals surface area (Å²) in [5.41, 5.74) is 15.4. The van der Waals surface area contributed by atoms with Crippen molar-refractivity contribution in [2.45, 2.75) is 59.3 Å². The Morgan fingerprint density at radius 3 is 1.25 bits per heavy atom. The summed E-state index contributed by atoms with van der Waals surface area (Å²) < 4.78 is 18.8. The average Bonchev–Trinajstić information content (AvgIpc) is 4.47. The molecule has 0 unspecified atom stereocenters. The topological polar surface area (TPSA) is 172 Å². The van der Waals surface area contributed by atoms with E-state index in [1.54, 1.807) is 0 Å². The Bertz CT molecular complexity index is 3910. The minimum atomic E-state index is -0.600. The molecule has 4 aromatic heterocycles. The van der Waals surface area contributed by atoms with Crippen LogP contribution in [0.5, 0.6) is 17.2 Å². The van der Waals surface area contributed by atoms with E-state index in [-0.39, 0.29) is 5.95 Å². The van der Waals surface area contributed by atoms with Crippen molar-refractivity contribution in [1.82, 2.24) is 29.9 Å². The molecule has 0 saturated carbocycles. The molecule has 11 rings (SSSR count). The Morgan fingerprint density at radius 1 is 0.438 bits per heavy atom. The molecule has 80 heavy (non-hydrogen) atoms. The Labute approximate surface area is 464 Å². The molecule has 0 fully saturated rings. The quantitative estimate of drug-likeness (QED) is 0.0498. The van der Waals surface area contributed by atoms with Crippen LogP contribution in [0.2, 0.25) is 0 Å². The van der Waals surface area contributed by atoms with Gasteiger partial charge < -0.3 is 34.5 Å². The normalized spacial score (nSPS) is 11.6. The van der Waals surface area contributed by atoms with Gasteiger partial charge in [0.05, 0.1) is 48.3 Å². The number of carbonyl (C=O) groups is 1. The SMILES string of the molecule is CCCCOc1cc(-c2cc(=O)nc(NC(=O)Nc3ccc(-c4c5nc(c(-c6ccccc6)c6ccc([nH]6)c(-c6ccccc6)c6nc(c(-c7ccccc7)c7ccc4[nH]7)C=C6)C=C5)cc3)[nH]2)cc(OCCCC)c1OCCCC. The minimum Gasteiger partial charge on any atom is -0.490 e. The summed E-state index contributed by atoms with van der Waals surface area (Å²) in [4.78, 5) is 52.7. The molecule has 13 nitrogen and oxygen atoms in total. The largest absolute Gasteiger partial charge is 0.490 e. The number of ether oxygens (including phenoxy) is 3. The highest BCUT2D eigenvalue weighted by Gasteiger charge is 2.21. The van der Waals surface area contributed by atoms with Crippen LogP contribution in [-0.2, 0) is 0 Å². The molecule has 2 aliphatic rings. The highest BCUT2D eigenvalue weighted by Crippen LogP contribution is 2.43. The van der Waals surface area contributed by atoms with Crippen LogP contribution in [0.1, 0.15) is 82.1 Å². The van der Waals surface area contributed by atoms with Gasteiger partial charge in [-0.1, -0.05) is 143 Å². The lowest BCUT2D eigenvalue weighted by Crippen LogP contribution is -2.23. The number of hydrogen-bond acceptors (Lipinski definition) is 8. The first-order chi connectivity index (χ1) is 39.3. The standard InChI is InChI=1S/C67H62N8O5/c1-4-7-37-78-58-40-47(41-59(79-38-8-5-2)65(58)80-39-9-6-3)57-42-60(76)74-66(73-57)75-67(77)68-48-27-25-46(26-28-48)64-55-35-33-53(71-55)62(44-21-15-11-16-22-44)51-31-29-49(69-51)61(43-19-13-10-14-20-43)50-30-32-52(70-50)63(45-23-17-12-18-24-45)54-34-36-56(64)72-54/h10-36,40-42,69,72H,4-9,37-39H2,1-3H3,(H3,68,73,74,75,76,77). The van der Waals surface area contributed by atoms with Crippen molar-refractivity contribution in [1.29, 1.82) is 0 Å². The zero-order valence-electron chi connectivity index (χ0n) is 45.1. The summed E-state index contributed by atoms with van der Waals surface area (Å²) in [6.07, 6.45) is 13.8. The maximum atomic E-state index is 13.8. The Kier molecular flexibility index (Phi) is 15.9. The van der Waals surface area contributed by atoms with Gasteiger partial charge >= 0.3 is 6.03 Å². The third kappa shape index (κ3) is 11.6. The number of H-pyrrole nitrogens is 3. The fraction of sp³-hybridized carbons (Fsp3) is 0.179. The van der Waals surface area contributed by atoms with E-state index in [2.05, 4.69) is 148 Å². The first kappa shape index (κ1) is 52.3. The van der Waals surface area contributed by atoms with Crippen molar-refractivity contribution >= 4 is 64.0 Å². The fourth-order valence-corrected chi connectivity index (χ4v) is 9.96. The number of nitrogens with zero attached hydrogens (tertiary/aromatic N) is 3. The van der Waals surface area contributed by atoms with Crippen LogP contribution in [0.4, 0.5) is 16.4 Å². The molecule has 13 heteroatoms. The number of carbonyl (C=O) groups excluding carboxylic acids is 1. The highest BCUT2D eigenvalue weighted by molar-refractivity contribution is 6.01. The third-order valence-corrected chi connectivity index (χ3v) is 13.9. The second kappa shape index (κ2) is 24.3. The zero-order chi connectivity index (χ0) is 54.8. The first-order valence-electron chi connectivity index (χ1n) is 27.5. The van der Waals surface area contributed by atoms with Gasteiger partial charge in [-0.25, -0.2) is 14.8 Å². The molecular formula is C67H62N8O5. The molecule has 0 radical (unpaired) electrons. The summed E-state index contributed by atoms with van der Waals surface area (Å²) in [5, 5.41) is 5.68. The van der Waals surface area contributed by atoms with Gasteiger partial charge in [0, 0.05) is 61.6 Å². The van der Waals surface area contributed by atoms with Crippen LogP contribution < -0.4 is 30.4 Å². The summed E-state index contributed by atoms with van der Waals surface area (Å²) in [5.74, 6) is 1.53. The van der Waals surface area contributed by atoms with Gasteiger partial charge in [-0.05, 0) is 114 Å². The van der Waals surface area contributed by atoms with E-state index in [0.29, 0.717) is 54.0 Å². The van der Waals surface area contributed by atoms with Gasteiger partial charge in [0.15, 0.2) is 11.5 Å². The summed E-state index contributed by atoms with van der Waals surface area (Å²) >= 11 is 0. The van der Waals surface area contributed by atoms with E-state index < -0.39 is 11.6 Å². The number of aromatic nitrogens is 6. The van der Waals surface area contributed by atoms with E-state index in [4.69, 9.17) is 24.2 Å². The monoisotopic (exact) mass is 1060 g/mol. The second-order valence-electron chi connectivity index (χ2n) is 19.6. The summed E-state index contributed by atoms with van der Waals surface area (Å²) in [6, 6.07) is 51.5. The minimum absolute atomic E-state index is 0.0362. The second-order valence-corrected chi connectivity index (χ2v) is 19.6. The van der Waals surface area contributed by atoms with E-state index in [1.807, 2.05) is 78.9 Å². The number of benzene rings is 5. The van der Waals surface area contributed by atoms with Crippen molar-refractivity contribution in [3.8, 4) is 73.0 Å². The van der Waals surface area contributed by atoms with Crippen molar-refractivity contribution in [3.05, 3.63) is 191 Å². The molecule has 9 aromatic rings. The first-order valence-corrected chi connectivity index (χ1v) is 27.5. The van der Waals surface area contributed by atoms with Crippen LogP contribution in [-0.4, -0.2) is 55.8 Å².